The van der Waals surface area contributed by atoms with Crippen LogP contribution in [0.15, 0.2) is 0 Å². The molecule has 18 heavy (non-hydrogen) atoms. The second-order valence-corrected chi connectivity index (χ2v) is 8.05. The maximum atomic E-state index is 11.7. The predicted molar refractivity (Wildman–Crippen MR) is 74.3 cm³/mol. The molecule has 5 heteroatoms. The molecule has 2 unspecified atom stereocenters. The van der Waals surface area contributed by atoms with Gasteiger partial charge in [-0.2, -0.15) is 0 Å². The minimum atomic E-state index is -2.80. The van der Waals surface area contributed by atoms with Crippen molar-refractivity contribution in [3.8, 4) is 0 Å². The van der Waals surface area contributed by atoms with Gasteiger partial charge in [-0.3, -0.25) is 4.90 Å². The van der Waals surface area contributed by atoms with Crippen molar-refractivity contribution < 1.29 is 8.42 Å². The smallest absolute Gasteiger partial charge is 0.151 e. The summed E-state index contributed by atoms with van der Waals surface area (Å²) in [6.07, 6.45) is 7.05. The Bertz CT molecular complexity index is 356. The Labute approximate surface area is 111 Å². The SMILES string of the molecule is NCC1CCCCCC1N1CCCS(=O)(=O)CC1. The third-order valence-electron chi connectivity index (χ3n) is 4.48. The molecule has 0 spiro atoms. The van der Waals surface area contributed by atoms with Gasteiger partial charge in [-0.25, -0.2) is 8.42 Å². The molecule has 1 saturated carbocycles. The van der Waals surface area contributed by atoms with Crippen LogP contribution in [0.2, 0.25) is 0 Å². The van der Waals surface area contributed by atoms with Crippen molar-refractivity contribution in [2.45, 2.75) is 44.6 Å². The summed E-state index contributed by atoms with van der Waals surface area (Å²) in [5, 5.41) is 0. The molecule has 0 aromatic rings. The average Bonchev–Trinajstić information content (AvgIpc) is 2.66. The maximum Gasteiger partial charge on any atom is 0.151 e. The molecule has 1 saturated heterocycles. The molecular formula is C13H26N2O2S. The summed E-state index contributed by atoms with van der Waals surface area (Å²) in [6, 6.07) is 0.519. The zero-order chi connectivity index (χ0) is 13.0. The Hall–Kier alpha value is -0.130. The van der Waals surface area contributed by atoms with Crippen molar-refractivity contribution in [3.63, 3.8) is 0 Å². The summed E-state index contributed by atoms with van der Waals surface area (Å²) < 4.78 is 23.3. The Morgan fingerprint density at radius 3 is 2.56 bits per heavy atom. The number of hydrogen-bond donors (Lipinski definition) is 1. The molecule has 0 amide bonds. The lowest BCUT2D eigenvalue weighted by Crippen LogP contribution is -2.44. The Balaban J connectivity index is 2.03. The Kier molecular flexibility index (Phi) is 5.04. The Morgan fingerprint density at radius 2 is 1.78 bits per heavy atom. The summed E-state index contributed by atoms with van der Waals surface area (Å²) in [5.41, 5.74) is 5.92. The van der Waals surface area contributed by atoms with Crippen molar-refractivity contribution in [1.29, 1.82) is 0 Å². The highest BCUT2D eigenvalue weighted by atomic mass is 32.2. The van der Waals surface area contributed by atoms with Crippen LogP contribution >= 0.6 is 0 Å². The molecule has 0 aromatic heterocycles. The number of rotatable bonds is 2. The fourth-order valence-electron chi connectivity index (χ4n) is 3.41. The highest BCUT2D eigenvalue weighted by molar-refractivity contribution is 7.91. The van der Waals surface area contributed by atoms with Crippen molar-refractivity contribution in [2.75, 3.05) is 31.1 Å². The highest BCUT2D eigenvalue weighted by Crippen LogP contribution is 2.27. The van der Waals surface area contributed by atoms with Gasteiger partial charge in [0, 0.05) is 12.6 Å². The van der Waals surface area contributed by atoms with Crippen LogP contribution in [0.3, 0.4) is 0 Å². The first-order chi connectivity index (χ1) is 8.62. The molecule has 2 fully saturated rings. The molecular weight excluding hydrogens is 248 g/mol. The lowest BCUT2D eigenvalue weighted by atomic mass is 9.93. The molecule has 1 aliphatic carbocycles. The van der Waals surface area contributed by atoms with E-state index < -0.39 is 9.84 Å². The third kappa shape index (κ3) is 3.68. The highest BCUT2D eigenvalue weighted by Gasteiger charge is 2.30. The van der Waals surface area contributed by atoms with Crippen LogP contribution in [0.4, 0.5) is 0 Å². The molecule has 1 heterocycles. The van der Waals surface area contributed by atoms with Gasteiger partial charge in [0.1, 0.15) is 0 Å². The van der Waals surface area contributed by atoms with E-state index in [0.717, 1.165) is 19.5 Å². The van der Waals surface area contributed by atoms with Crippen LogP contribution in [0, 0.1) is 5.92 Å². The first-order valence-electron chi connectivity index (χ1n) is 7.27. The zero-order valence-electron chi connectivity index (χ0n) is 11.2. The fourth-order valence-corrected chi connectivity index (χ4v) is 4.70. The molecule has 2 N–H and O–H groups in total. The van der Waals surface area contributed by atoms with Gasteiger partial charge in [-0.1, -0.05) is 19.3 Å². The maximum absolute atomic E-state index is 11.7. The molecule has 0 bridgehead atoms. The van der Waals surface area contributed by atoms with E-state index in [1.807, 2.05) is 0 Å². The summed E-state index contributed by atoms with van der Waals surface area (Å²) in [5.74, 6) is 1.26. The normalized spacial score (nSPS) is 34.7. The summed E-state index contributed by atoms with van der Waals surface area (Å²) in [4.78, 5) is 2.41. The monoisotopic (exact) mass is 274 g/mol. The number of nitrogens with two attached hydrogens (primary N) is 1. The predicted octanol–water partition coefficient (Wildman–Crippen LogP) is 1.01. The molecule has 2 aliphatic rings. The summed E-state index contributed by atoms with van der Waals surface area (Å²) in [7, 11) is -2.80. The van der Waals surface area contributed by atoms with E-state index in [-0.39, 0.29) is 0 Å². The van der Waals surface area contributed by atoms with Gasteiger partial charge in [0.15, 0.2) is 9.84 Å². The van der Waals surface area contributed by atoms with Crippen molar-refractivity contribution in [2.24, 2.45) is 11.7 Å². The van der Waals surface area contributed by atoms with Gasteiger partial charge in [-0.05, 0) is 38.3 Å². The van der Waals surface area contributed by atoms with Crippen molar-refractivity contribution in [1.82, 2.24) is 4.90 Å². The van der Waals surface area contributed by atoms with Gasteiger partial charge >= 0.3 is 0 Å². The van der Waals surface area contributed by atoms with Crippen LogP contribution in [0.5, 0.6) is 0 Å². The lowest BCUT2D eigenvalue weighted by Gasteiger charge is -2.34. The average molecular weight is 274 g/mol. The second-order valence-electron chi connectivity index (χ2n) is 5.74. The standard InChI is InChI=1S/C13H26N2O2S/c14-11-12-5-2-1-3-6-13(12)15-7-4-9-18(16,17)10-8-15/h12-13H,1-11,14H2. The van der Waals surface area contributed by atoms with Crippen LogP contribution in [-0.2, 0) is 9.84 Å². The van der Waals surface area contributed by atoms with E-state index in [4.69, 9.17) is 5.73 Å². The minimum absolute atomic E-state index is 0.334. The summed E-state index contributed by atoms with van der Waals surface area (Å²) >= 11 is 0. The minimum Gasteiger partial charge on any atom is -0.330 e. The molecule has 4 nitrogen and oxygen atoms in total. The molecule has 1 aliphatic heterocycles. The first kappa shape index (κ1) is 14.3. The molecule has 0 radical (unpaired) electrons. The van der Waals surface area contributed by atoms with Crippen molar-refractivity contribution >= 4 is 9.84 Å². The van der Waals surface area contributed by atoms with Crippen LogP contribution in [-0.4, -0.2) is 50.5 Å². The van der Waals surface area contributed by atoms with Gasteiger partial charge in [0.25, 0.3) is 0 Å². The zero-order valence-corrected chi connectivity index (χ0v) is 12.0. The van der Waals surface area contributed by atoms with Crippen LogP contribution in [0.25, 0.3) is 0 Å². The van der Waals surface area contributed by atoms with E-state index in [0.29, 0.717) is 30.0 Å². The Morgan fingerprint density at radius 1 is 1.00 bits per heavy atom. The van der Waals surface area contributed by atoms with E-state index in [1.165, 1.54) is 32.1 Å². The summed E-state index contributed by atoms with van der Waals surface area (Å²) in [6.45, 7) is 2.39. The van der Waals surface area contributed by atoms with Crippen molar-refractivity contribution in [3.05, 3.63) is 0 Å². The van der Waals surface area contributed by atoms with Gasteiger partial charge in [0.2, 0.25) is 0 Å². The second kappa shape index (κ2) is 6.35. The number of sulfone groups is 1. The number of nitrogens with zero attached hydrogens (tertiary/aromatic N) is 1. The topological polar surface area (TPSA) is 63.4 Å². The van der Waals surface area contributed by atoms with Gasteiger partial charge in [0.05, 0.1) is 11.5 Å². The largest absolute Gasteiger partial charge is 0.330 e. The van der Waals surface area contributed by atoms with E-state index >= 15 is 0 Å². The fraction of sp³-hybridized carbons (Fsp3) is 1.00. The quantitative estimate of drug-likeness (QED) is 0.764. The molecule has 106 valence electrons. The van der Waals surface area contributed by atoms with Gasteiger partial charge < -0.3 is 5.73 Å². The molecule has 0 aromatic carbocycles. The number of hydrogen-bond acceptors (Lipinski definition) is 4. The van der Waals surface area contributed by atoms with E-state index in [2.05, 4.69) is 4.90 Å². The van der Waals surface area contributed by atoms with Gasteiger partial charge in [-0.15, -0.1) is 0 Å². The lowest BCUT2D eigenvalue weighted by molar-refractivity contribution is 0.145. The molecule has 2 rings (SSSR count). The molecule has 2 atom stereocenters. The van der Waals surface area contributed by atoms with Crippen LogP contribution < -0.4 is 5.73 Å². The van der Waals surface area contributed by atoms with Crippen LogP contribution in [0.1, 0.15) is 38.5 Å². The van der Waals surface area contributed by atoms with E-state index in [1.54, 1.807) is 0 Å². The van der Waals surface area contributed by atoms with E-state index in [9.17, 15) is 8.42 Å². The third-order valence-corrected chi connectivity index (χ3v) is 6.20. The first-order valence-corrected chi connectivity index (χ1v) is 9.09.